The van der Waals surface area contributed by atoms with E-state index in [9.17, 15) is 0 Å². The lowest BCUT2D eigenvalue weighted by atomic mass is 10.0. The van der Waals surface area contributed by atoms with E-state index in [1.165, 1.54) is 20.5 Å². The molecule has 1 heterocycles. The third-order valence-electron chi connectivity index (χ3n) is 3.00. The van der Waals surface area contributed by atoms with Crippen molar-refractivity contribution in [2.24, 2.45) is 0 Å². The van der Waals surface area contributed by atoms with Crippen LogP contribution in [-0.2, 0) is 6.42 Å². The van der Waals surface area contributed by atoms with Gasteiger partial charge in [0.2, 0.25) is 0 Å². The Bertz CT molecular complexity index is 531. The summed E-state index contributed by atoms with van der Waals surface area (Å²) in [5.41, 5.74) is 2.63. The largest absolute Gasteiger partial charge is 0.310 e. The minimum Gasteiger partial charge on any atom is -0.310 e. The molecule has 0 bridgehead atoms. The monoisotopic (exact) mass is 401 g/mol. The number of rotatable bonds is 5. The minimum absolute atomic E-state index is 0.358. The van der Waals surface area contributed by atoms with Gasteiger partial charge in [-0.05, 0) is 64.1 Å². The summed E-state index contributed by atoms with van der Waals surface area (Å²) in [6.07, 6.45) is 1.02. The maximum Gasteiger partial charge on any atom is 0.0369 e. The summed E-state index contributed by atoms with van der Waals surface area (Å²) in [7, 11) is 0. The fraction of sp³-hybridized carbons (Fsp3) is 0.333. The Morgan fingerprint density at radius 2 is 2.05 bits per heavy atom. The molecule has 1 N–H and O–H groups in total. The molecule has 2 rings (SSSR count). The first-order chi connectivity index (χ1) is 9.10. The molecule has 0 radical (unpaired) electrons. The van der Waals surface area contributed by atoms with Crippen molar-refractivity contribution in [1.29, 1.82) is 0 Å². The summed E-state index contributed by atoms with van der Waals surface area (Å²) in [6.45, 7) is 5.26. The fourth-order valence-electron chi connectivity index (χ4n) is 2.18. The first-order valence-electron chi connectivity index (χ1n) is 6.32. The molecule has 0 spiro atoms. The maximum atomic E-state index is 3.62. The standard InChI is InChI=1S/C15H17Br2NS/c1-3-18-14(9-15-13(17)4-5-19-15)11-6-10(2)7-12(16)8-11/h4-8,14,18H,3,9H2,1-2H3. The number of hydrogen-bond donors (Lipinski definition) is 1. The molecule has 0 saturated carbocycles. The van der Waals surface area contributed by atoms with Crippen LogP contribution in [0.1, 0.15) is 29.0 Å². The van der Waals surface area contributed by atoms with Gasteiger partial charge in [0.05, 0.1) is 0 Å². The summed E-state index contributed by atoms with van der Waals surface area (Å²) in [5.74, 6) is 0. The third kappa shape index (κ3) is 4.15. The van der Waals surface area contributed by atoms with Gasteiger partial charge in [-0.15, -0.1) is 11.3 Å². The fourth-order valence-corrected chi connectivity index (χ4v) is 4.36. The van der Waals surface area contributed by atoms with Crippen LogP contribution in [0.25, 0.3) is 0 Å². The van der Waals surface area contributed by atoms with Crippen LogP contribution < -0.4 is 5.32 Å². The highest BCUT2D eigenvalue weighted by atomic mass is 79.9. The van der Waals surface area contributed by atoms with Gasteiger partial charge in [0.15, 0.2) is 0 Å². The lowest BCUT2D eigenvalue weighted by Crippen LogP contribution is -2.22. The molecule has 0 aliphatic rings. The number of nitrogens with one attached hydrogen (secondary N) is 1. The highest BCUT2D eigenvalue weighted by molar-refractivity contribution is 9.10. The number of hydrogen-bond acceptors (Lipinski definition) is 2. The Morgan fingerprint density at radius 1 is 1.26 bits per heavy atom. The second-order valence-corrected chi connectivity index (χ2v) is 7.34. The van der Waals surface area contributed by atoms with E-state index in [-0.39, 0.29) is 0 Å². The summed E-state index contributed by atoms with van der Waals surface area (Å²) in [5, 5.41) is 5.72. The van der Waals surface area contributed by atoms with Crippen molar-refractivity contribution in [2.45, 2.75) is 26.3 Å². The van der Waals surface area contributed by atoms with Crippen LogP contribution in [0.2, 0.25) is 0 Å². The van der Waals surface area contributed by atoms with E-state index in [4.69, 9.17) is 0 Å². The van der Waals surface area contributed by atoms with Gasteiger partial charge < -0.3 is 5.32 Å². The molecule has 0 aliphatic heterocycles. The third-order valence-corrected chi connectivity index (χ3v) is 5.40. The van der Waals surface area contributed by atoms with Crippen molar-refractivity contribution in [2.75, 3.05) is 6.54 Å². The van der Waals surface area contributed by atoms with Gasteiger partial charge in [-0.1, -0.05) is 28.9 Å². The number of halogens is 2. The Labute approximate surface area is 135 Å². The van der Waals surface area contributed by atoms with Crippen LogP contribution in [0.5, 0.6) is 0 Å². The Hall–Kier alpha value is -0.160. The number of thiophene rings is 1. The molecule has 1 aromatic heterocycles. The number of aryl methyl sites for hydroxylation is 1. The van der Waals surface area contributed by atoms with Crippen molar-refractivity contribution in [3.05, 3.63) is 54.6 Å². The van der Waals surface area contributed by atoms with Crippen LogP contribution >= 0.6 is 43.2 Å². The van der Waals surface area contributed by atoms with Crippen molar-refractivity contribution in [1.82, 2.24) is 5.32 Å². The van der Waals surface area contributed by atoms with E-state index in [0.29, 0.717) is 6.04 Å². The van der Waals surface area contributed by atoms with E-state index in [1.807, 2.05) is 11.3 Å². The van der Waals surface area contributed by atoms with Gasteiger partial charge in [0.1, 0.15) is 0 Å². The lowest BCUT2D eigenvalue weighted by Gasteiger charge is -2.19. The molecule has 0 aliphatic carbocycles. The molecule has 19 heavy (non-hydrogen) atoms. The summed E-state index contributed by atoms with van der Waals surface area (Å²) >= 11 is 9.02. The Morgan fingerprint density at radius 3 is 2.63 bits per heavy atom. The Balaban J connectivity index is 2.26. The van der Waals surface area contributed by atoms with Crippen LogP contribution in [0.15, 0.2) is 38.6 Å². The van der Waals surface area contributed by atoms with Gasteiger partial charge in [-0.3, -0.25) is 0 Å². The van der Waals surface area contributed by atoms with Gasteiger partial charge in [-0.2, -0.15) is 0 Å². The molecule has 102 valence electrons. The Kier molecular flexibility index (Phi) is 5.63. The minimum atomic E-state index is 0.358. The van der Waals surface area contributed by atoms with Gasteiger partial charge in [0.25, 0.3) is 0 Å². The summed E-state index contributed by atoms with van der Waals surface area (Å²) < 4.78 is 2.36. The lowest BCUT2D eigenvalue weighted by molar-refractivity contribution is 0.552. The van der Waals surface area contributed by atoms with E-state index in [2.05, 4.69) is 80.7 Å². The molecule has 4 heteroatoms. The molecule has 0 fully saturated rings. The highest BCUT2D eigenvalue weighted by Gasteiger charge is 2.14. The van der Waals surface area contributed by atoms with E-state index >= 15 is 0 Å². The van der Waals surface area contributed by atoms with Crippen molar-refractivity contribution >= 4 is 43.2 Å². The van der Waals surface area contributed by atoms with Crippen LogP contribution in [0, 0.1) is 6.92 Å². The molecule has 1 nitrogen and oxygen atoms in total. The van der Waals surface area contributed by atoms with Gasteiger partial charge in [-0.25, -0.2) is 0 Å². The smallest absolute Gasteiger partial charge is 0.0369 e. The molecule has 1 atom stereocenters. The predicted molar refractivity (Wildman–Crippen MR) is 91.0 cm³/mol. The normalized spacial score (nSPS) is 12.6. The topological polar surface area (TPSA) is 12.0 Å². The zero-order valence-electron chi connectivity index (χ0n) is 11.0. The number of benzene rings is 1. The van der Waals surface area contributed by atoms with Crippen LogP contribution in [0.3, 0.4) is 0 Å². The maximum absolute atomic E-state index is 3.62. The molecule has 0 saturated heterocycles. The first kappa shape index (κ1) is 15.2. The molecule has 0 amide bonds. The molecule has 1 unspecified atom stereocenters. The average Bonchev–Trinajstić information content (AvgIpc) is 2.73. The zero-order chi connectivity index (χ0) is 13.8. The highest BCUT2D eigenvalue weighted by Crippen LogP contribution is 2.29. The van der Waals surface area contributed by atoms with E-state index < -0.39 is 0 Å². The predicted octanol–water partition coefficient (Wildman–Crippen LogP) is 5.47. The molecular formula is C15H17Br2NS. The second kappa shape index (κ2) is 7.02. The number of likely N-dealkylation sites (N-methyl/N-ethyl adjacent to an activating group) is 1. The van der Waals surface area contributed by atoms with Crippen LogP contribution in [0.4, 0.5) is 0 Å². The van der Waals surface area contributed by atoms with Gasteiger partial charge in [0, 0.05) is 26.3 Å². The quantitative estimate of drug-likeness (QED) is 0.698. The van der Waals surface area contributed by atoms with Crippen molar-refractivity contribution < 1.29 is 0 Å². The van der Waals surface area contributed by atoms with Gasteiger partial charge >= 0.3 is 0 Å². The first-order valence-corrected chi connectivity index (χ1v) is 8.79. The van der Waals surface area contributed by atoms with E-state index in [1.54, 1.807) is 0 Å². The van der Waals surface area contributed by atoms with E-state index in [0.717, 1.165) is 17.4 Å². The summed E-state index contributed by atoms with van der Waals surface area (Å²) in [6, 6.07) is 9.10. The summed E-state index contributed by atoms with van der Waals surface area (Å²) in [4.78, 5) is 1.39. The zero-order valence-corrected chi connectivity index (χ0v) is 15.0. The molecular weight excluding hydrogens is 386 g/mol. The molecule has 2 aromatic rings. The average molecular weight is 403 g/mol. The SMILES string of the molecule is CCNC(Cc1sccc1Br)c1cc(C)cc(Br)c1. The molecule has 1 aromatic carbocycles. The second-order valence-electron chi connectivity index (χ2n) is 4.57. The van der Waals surface area contributed by atoms with Crippen LogP contribution in [-0.4, -0.2) is 6.54 Å². The van der Waals surface area contributed by atoms with Crippen molar-refractivity contribution in [3.8, 4) is 0 Å². The van der Waals surface area contributed by atoms with Crippen molar-refractivity contribution in [3.63, 3.8) is 0 Å².